The van der Waals surface area contributed by atoms with Gasteiger partial charge in [0.05, 0.1) is 7.11 Å². The average molecular weight is 180 g/mol. The Balaban J connectivity index is 2.65. The van der Waals surface area contributed by atoms with E-state index in [9.17, 15) is 9.59 Å². The molecule has 0 atom stereocenters. The molecule has 0 aliphatic heterocycles. The highest BCUT2D eigenvalue weighted by Gasteiger charge is 2.08. The molecule has 0 aliphatic rings. The number of carbonyl (C=O) groups excluding carboxylic acids is 2. The third-order valence-electron chi connectivity index (χ3n) is 1.34. The number of aromatic nitrogens is 1. The molecule has 0 fully saturated rings. The molecule has 0 spiro atoms. The number of methoxy groups -OCH3 is 1. The first kappa shape index (κ1) is 9.18. The number of imide groups is 1. The predicted octanol–water partition coefficient (Wildman–Crippen LogP) is 0.578. The highest BCUT2D eigenvalue weighted by atomic mass is 16.5. The number of ether oxygens (including phenoxy) is 1. The molecular weight excluding hydrogens is 172 g/mol. The van der Waals surface area contributed by atoms with Gasteiger partial charge in [-0.15, -0.1) is 0 Å². The van der Waals surface area contributed by atoms with E-state index < -0.39 is 12.0 Å². The van der Waals surface area contributed by atoms with Crippen LogP contribution in [0.25, 0.3) is 0 Å². The lowest BCUT2D eigenvalue weighted by atomic mass is 10.2. The van der Waals surface area contributed by atoms with Crippen LogP contribution in [0, 0.1) is 0 Å². The highest BCUT2D eigenvalue weighted by Crippen LogP contribution is 1.95. The summed E-state index contributed by atoms with van der Waals surface area (Å²) in [6, 6.07) is 3.00. The Morgan fingerprint density at radius 1 is 1.38 bits per heavy atom. The number of nitrogens with zero attached hydrogens (tertiary/aromatic N) is 1. The summed E-state index contributed by atoms with van der Waals surface area (Å²) in [5.41, 5.74) is 0.361. The minimum absolute atomic E-state index is 0.361. The van der Waals surface area contributed by atoms with E-state index in [1.54, 1.807) is 0 Å². The van der Waals surface area contributed by atoms with Gasteiger partial charge in [-0.1, -0.05) is 0 Å². The Hall–Kier alpha value is -1.91. The summed E-state index contributed by atoms with van der Waals surface area (Å²) >= 11 is 0. The summed E-state index contributed by atoms with van der Waals surface area (Å²) in [6.07, 6.45) is 2.15. The highest BCUT2D eigenvalue weighted by molar-refractivity contribution is 6.02. The van der Waals surface area contributed by atoms with E-state index in [0.717, 1.165) is 0 Å². The summed E-state index contributed by atoms with van der Waals surface area (Å²) < 4.78 is 4.26. The molecule has 0 aromatic carbocycles. The largest absolute Gasteiger partial charge is 0.453 e. The Bertz CT molecular complexity index is 310. The zero-order chi connectivity index (χ0) is 9.68. The van der Waals surface area contributed by atoms with Crippen molar-refractivity contribution in [3.05, 3.63) is 30.1 Å². The van der Waals surface area contributed by atoms with Gasteiger partial charge in [0.1, 0.15) is 0 Å². The molecule has 13 heavy (non-hydrogen) atoms. The van der Waals surface area contributed by atoms with Crippen LogP contribution in [0.5, 0.6) is 0 Å². The van der Waals surface area contributed by atoms with Crippen LogP contribution >= 0.6 is 0 Å². The first-order chi connectivity index (χ1) is 6.24. The fourth-order valence-corrected chi connectivity index (χ4v) is 0.719. The fourth-order valence-electron chi connectivity index (χ4n) is 0.719. The van der Waals surface area contributed by atoms with E-state index in [1.807, 2.05) is 5.32 Å². The van der Waals surface area contributed by atoms with Crippen molar-refractivity contribution in [1.82, 2.24) is 10.3 Å². The molecule has 68 valence electrons. The van der Waals surface area contributed by atoms with E-state index in [0.29, 0.717) is 5.56 Å². The summed E-state index contributed by atoms with van der Waals surface area (Å²) in [4.78, 5) is 25.5. The maximum Gasteiger partial charge on any atom is 0.413 e. The molecule has 0 saturated carbocycles. The number of nitrogens with one attached hydrogen (secondary N) is 1. The van der Waals surface area contributed by atoms with Crippen molar-refractivity contribution < 1.29 is 14.3 Å². The van der Waals surface area contributed by atoms with Gasteiger partial charge in [-0.3, -0.25) is 15.1 Å². The van der Waals surface area contributed by atoms with Gasteiger partial charge < -0.3 is 4.74 Å². The number of pyridine rings is 1. The number of carbonyl (C=O) groups is 2. The van der Waals surface area contributed by atoms with E-state index in [-0.39, 0.29) is 0 Å². The lowest BCUT2D eigenvalue weighted by Crippen LogP contribution is -2.30. The minimum Gasteiger partial charge on any atom is -0.453 e. The van der Waals surface area contributed by atoms with Gasteiger partial charge in [-0.2, -0.15) is 0 Å². The molecule has 0 radical (unpaired) electrons. The predicted molar refractivity (Wildman–Crippen MR) is 44.1 cm³/mol. The smallest absolute Gasteiger partial charge is 0.413 e. The monoisotopic (exact) mass is 180 g/mol. The molecule has 1 aromatic rings. The summed E-state index contributed by atoms with van der Waals surface area (Å²) in [5.74, 6) is -0.505. The van der Waals surface area contributed by atoms with E-state index in [2.05, 4.69) is 9.72 Å². The molecule has 2 amide bonds. The van der Waals surface area contributed by atoms with Gasteiger partial charge in [0.25, 0.3) is 5.91 Å². The second-order valence-electron chi connectivity index (χ2n) is 2.18. The first-order valence-corrected chi connectivity index (χ1v) is 3.53. The van der Waals surface area contributed by atoms with Crippen LogP contribution in [-0.2, 0) is 4.74 Å². The van der Waals surface area contributed by atoms with Gasteiger partial charge in [0.15, 0.2) is 0 Å². The molecule has 1 rings (SSSR count). The van der Waals surface area contributed by atoms with Crippen molar-refractivity contribution in [2.24, 2.45) is 0 Å². The average Bonchev–Trinajstić information content (AvgIpc) is 2.19. The van der Waals surface area contributed by atoms with Crippen LogP contribution in [0.2, 0.25) is 0 Å². The first-order valence-electron chi connectivity index (χ1n) is 3.53. The fraction of sp³-hybridized carbons (Fsp3) is 0.125. The summed E-state index contributed by atoms with van der Waals surface area (Å²) in [6.45, 7) is 0. The van der Waals surface area contributed by atoms with Crippen LogP contribution in [-0.4, -0.2) is 24.1 Å². The Labute approximate surface area is 74.7 Å². The molecule has 5 heteroatoms. The quantitative estimate of drug-likeness (QED) is 0.686. The lowest BCUT2D eigenvalue weighted by Gasteiger charge is -2.00. The van der Waals surface area contributed by atoms with Crippen molar-refractivity contribution in [1.29, 1.82) is 0 Å². The van der Waals surface area contributed by atoms with Crippen molar-refractivity contribution >= 4 is 12.0 Å². The number of alkyl carbamates (subject to hydrolysis) is 1. The zero-order valence-electron chi connectivity index (χ0n) is 6.98. The lowest BCUT2D eigenvalue weighted by molar-refractivity contribution is 0.0937. The summed E-state index contributed by atoms with van der Waals surface area (Å²) in [5, 5.41) is 2.02. The maximum atomic E-state index is 11.2. The number of rotatable bonds is 1. The molecule has 1 aromatic heterocycles. The van der Waals surface area contributed by atoms with Crippen molar-refractivity contribution in [2.45, 2.75) is 0 Å². The van der Waals surface area contributed by atoms with Crippen LogP contribution < -0.4 is 5.32 Å². The van der Waals surface area contributed by atoms with Crippen molar-refractivity contribution in [3.63, 3.8) is 0 Å². The second-order valence-corrected chi connectivity index (χ2v) is 2.18. The number of amides is 2. The minimum atomic E-state index is -0.776. The van der Waals surface area contributed by atoms with E-state index >= 15 is 0 Å². The number of hydrogen-bond donors (Lipinski definition) is 1. The maximum absolute atomic E-state index is 11.2. The van der Waals surface area contributed by atoms with Crippen LogP contribution in [0.1, 0.15) is 10.4 Å². The van der Waals surface area contributed by atoms with Crippen molar-refractivity contribution in [2.75, 3.05) is 7.11 Å². The van der Waals surface area contributed by atoms with Gasteiger partial charge in [-0.05, 0) is 12.1 Å². The van der Waals surface area contributed by atoms with Crippen LogP contribution in [0.3, 0.4) is 0 Å². The van der Waals surface area contributed by atoms with Crippen LogP contribution in [0.15, 0.2) is 24.5 Å². The standard InChI is InChI=1S/C8H8N2O3/c1-13-8(12)10-7(11)6-2-4-9-5-3-6/h2-5H,1H3,(H,10,11,12). The van der Waals surface area contributed by atoms with Gasteiger partial charge >= 0.3 is 6.09 Å². The summed E-state index contributed by atoms with van der Waals surface area (Å²) in [7, 11) is 1.19. The molecule has 0 aliphatic carbocycles. The molecule has 0 bridgehead atoms. The topological polar surface area (TPSA) is 68.3 Å². The molecular formula is C8H8N2O3. The second kappa shape index (κ2) is 4.20. The van der Waals surface area contributed by atoms with E-state index in [1.165, 1.54) is 31.6 Å². The zero-order valence-corrected chi connectivity index (χ0v) is 6.98. The molecule has 1 heterocycles. The Kier molecular flexibility index (Phi) is 2.97. The van der Waals surface area contributed by atoms with Gasteiger partial charge in [-0.25, -0.2) is 4.79 Å². The molecule has 5 nitrogen and oxygen atoms in total. The SMILES string of the molecule is COC(=O)NC(=O)c1ccncc1. The normalized spacial score (nSPS) is 9.00. The Morgan fingerprint density at radius 2 is 2.00 bits per heavy atom. The van der Waals surface area contributed by atoms with Gasteiger partial charge in [0, 0.05) is 18.0 Å². The third kappa shape index (κ3) is 2.55. The Morgan fingerprint density at radius 3 is 2.54 bits per heavy atom. The van der Waals surface area contributed by atoms with Crippen LogP contribution in [0.4, 0.5) is 4.79 Å². The third-order valence-corrected chi connectivity index (χ3v) is 1.34. The van der Waals surface area contributed by atoms with Gasteiger partial charge in [0.2, 0.25) is 0 Å². The van der Waals surface area contributed by atoms with E-state index in [4.69, 9.17) is 0 Å². The molecule has 0 unspecified atom stereocenters. The molecule has 0 saturated heterocycles. The van der Waals surface area contributed by atoms with Crippen molar-refractivity contribution in [3.8, 4) is 0 Å². The number of hydrogen-bond acceptors (Lipinski definition) is 4. The molecule has 1 N–H and O–H groups in total.